The minimum absolute atomic E-state index is 0.126. The van der Waals surface area contributed by atoms with E-state index in [0.29, 0.717) is 11.6 Å². The van der Waals surface area contributed by atoms with Crippen molar-refractivity contribution in [3.63, 3.8) is 0 Å². The number of benzene rings is 2. The van der Waals surface area contributed by atoms with Crippen LogP contribution in [-0.4, -0.2) is 36.4 Å². The number of halogens is 6. The molecule has 2 aromatic rings. The predicted molar refractivity (Wildman–Crippen MR) is 132 cm³/mol. The van der Waals surface area contributed by atoms with E-state index in [2.05, 4.69) is 43.0 Å². The standard InChI is InChI=1S/C29H37F6N/c1-3-25(36(4-2)19-18-21-8-6-5-7-9-21)16-12-22-10-13-23(14-11-22)24-15-17-26(28(30,31)32)27(20-24)29(33,34)35/h5-11,13-14,24-27H,3-4,12,15-20H2,1-2H3. The lowest BCUT2D eigenvalue weighted by Crippen LogP contribution is -2.42. The fraction of sp³-hybridized carbons (Fsp3) is 0.586. The number of nitrogens with zero attached hydrogens (tertiary/aromatic N) is 1. The number of rotatable bonds is 10. The zero-order chi connectivity index (χ0) is 26.3. The van der Waals surface area contributed by atoms with Gasteiger partial charge in [-0.3, -0.25) is 0 Å². The van der Waals surface area contributed by atoms with Gasteiger partial charge in [-0.25, -0.2) is 0 Å². The molecule has 1 aliphatic carbocycles. The summed E-state index contributed by atoms with van der Waals surface area (Å²) in [6.45, 7) is 6.31. The van der Waals surface area contributed by atoms with Gasteiger partial charge in [0, 0.05) is 12.6 Å². The highest BCUT2D eigenvalue weighted by Crippen LogP contribution is 2.52. The van der Waals surface area contributed by atoms with Gasteiger partial charge in [0.05, 0.1) is 11.8 Å². The van der Waals surface area contributed by atoms with Gasteiger partial charge < -0.3 is 4.90 Å². The van der Waals surface area contributed by atoms with Gasteiger partial charge >= 0.3 is 12.4 Å². The molecule has 4 unspecified atom stereocenters. The van der Waals surface area contributed by atoms with E-state index < -0.39 is 42.9 Å². The Kier molecular flexibility index (Phi) is 9.90. The molecule has 1 aliphatic rings. The van der Waals surface area contributed by atoms with Crippen molar-refractivity contribution in [2.24, 2.45) is 11.8 Å². The molecule has 36 heavy (non-hydrogen) atoms. The quantitative estimate of drug-likeness (QED) is 0.288. The normalized spacial score (nSPS) is 22.1. The van der Waals surface area contributed by atoms with Crippen LogP contribution in [0.25, 0.3) is 0 Å². The Morgan fingerprint density at radius 2 is 1.39 bits per heavy atom. The second kappa shape index (κ2) is 12.5. The van der Waals surface area contributed by atoms with Crippen molar-refractivity contribution in [2.75, 3.05) is 13.1 Å². The van der Waals surface area contributed by atoms with E-state index >= 15 is 0 Å². The molecule has 1 saturated carbocycles. The van der Waals surface area contributed by atoms with Gasteiger partial charge in [-0.15, -0.1) is 0 Å². The van der Waals surface area contributed by atoms with Crippen LogP contribution >= 0.6 is 0 Å². The third-order valence-corrected chi connectivity index (χ3v) is 7.83. The molecule has 4 atom stereocenters. The zero-order valence-corrected chi connectivity index (χ0v) is 21.1. The highest BCUT2D eigenvalue weighted by Gasteiger charge is 2.56. The second-order valence-corrected chi connectivity index (χ2v) is 10.0. The fourth-order valence-electron chi connectivity index (χ4n) is 5.68. The van der Waals surface area contributed by atoms with Gasteiger partial charge in [0.1, 0.15) is 0 Å². The van der Waals surface area contributed by atoms with Gasteiger partial charge in [-0.05, 0) is 74.1 Å². The van der Waals surface area contributed by atoms with Gasteiger partial charge in [0.25, 0.3) is 0 Å². The van der Waals surface area contributed by atoms with E-state index in [0.717, 1.165) is 44.3 Å². The van der Waals surface area contributed by atoms with Gasteiger partial charge in [-0.1, -0.05) is 68.4 Å². The highest BCUT2D eigenvalue weighted by atomic mass is 19.4. The van der Waals surface area contributed by atoms with Crippen molar-refractivity contribution in [3.8, 4) is 0 Å². The van der Waals surface area contributed by atoms with E-state index in [9.17, 15) is 26.3 Å². The molecule has 0 bridgehead atoms. The van der Waals surface area contributed by atoms with Crippen LogP contribution in [-0.2, 0) is 12.8 Å². The van der Waals surface area contributed by atoms with E-state index in [-0.39, 0.29) is 6.42 Å². The maximum Gasteiger partial charge on any atom is 0.392 e. The molecular formula is C29H37F6N. The molecule has 0 radical (unpaired) electrons. The summed E-state index contributed by atoms with van der Waals surface area (Å²) in [4.78, 5) is 2.50. The zero-order valence-electron chi connectivity index (χ0n) is 21.1. The summed E-state index contributed by atoms with van der Waals surface area (Å²) in [5.41, 5.74) is 3.13. The molecule has 1 fully saturated rings. The highest BCUT2D eigenvalue weighted by molar-refractivity contribution is 5.26. The Bertz CT molecular complexity index is 906. The van der Waals surface area contributed by atoms with Crippen molar-refractivity contribution in [1.29, 1.82) is 0 Å². The largest absolute Gasteiger partial charge is 0.392 e. The van der Waals surface area contributed by atoms with Crippen LogP contribution in [0.3, 0.4) is 0 Å². The summed E-state index contributed by atoms with van der Waals surface area (Å²) in [5.74, 6) is -5.14. The van der Waals surface area contributed by atoms with Crippen LogP contribution in [0.4, 0.5) is 26.3 Å². The Balaban J connectivity index is 1.58. The number of likely N-dealkylation sites (N-methyl/N-ethyl adjacent to an activating group) is 1. The lowest BCUT2D eigenvalue weighted by molar-refractivity contribution is -0.263. The molecule has 3 rings (SSSR count). The number of aryl methyl sites for hydroxylation is 1. The summed E-state index contributed by atoms with van der Waals surface area (Å²) < 4.78 is 79.9. The first kappa shape index (κ1) is 28.5. The Hall–Kier alpha value is -2.02. The second-order valence-electron chi connectivity index (χ2n) is 10.0. The van der Waals surface area contributed by atoms with Crippen molar-refractivity contribution >= 4 is 0 Å². The Morgan fingerprint density at radius 3 is 1.94 bits per heavy atom. The molecule has 0 N–H and O–H groups in total. The maximum atomic E-state index is 13.4. The summed E-state index contributed by atoms with van der Waals surface area (Å²) in [7, 11) is 0. The molecule has 0 heterocycles. The van der Waals surface area contributed by atoms with E-state index in [1.807, 2.05) is 30.3 Å². The summed E-state index contributed by atoms with van der Waals surface area (Å²) in [6.07, 6.45) is -6.67. The van der Waals surface area contributed by atoms with Crippen LogP contribution in [0.5, 0.6) is 0 Å². The van der Waals surface area contributed by atoms with Crippen LogP contribution in [0.1, 0.15) is 68.6 Å². The molecule has 0 spiro atoms. The van der Waals surface area contributed by atoms with Gasteiger partial charge in [-0.2, -0.15) is 26.3 Å². The predicted octanol–water partition coefficient (Wildman–Crippen LogP) is 8.59. The first-order chi connectivity index (χ1) is 17.0. The molecule has 7 heteroatoms. The van der Waals surface area contributed by atoms with Crippen molar-refractivity contribution in [3.05, 3.63) is 71.3 Å². The topological polar surface area (TPSA) is 3.24 Å². The summed E-state index contributed by atoms with van der Waals surface area (Å²) >= 11 is 0. The first-order valence-corrected chi connectivity index (χ1v) is 13.0. The number of hydrogen-bond donors (Lipinski definition) is 0. The number of hydrogen-bond acceptors (Lipinski definition) is 1. The van der Waals surface area contributed by atoms with Crippen LogP contribution in [0, 0.1) is 11.8 Å². The molecule has 0 saturated heterocycles. The van der Waals surface area contributed by atoms with E-state index in [4.69, 9.17) is 0 Å². The smallest absolute Gasteiger partial charge is 0.300 e. The average molecular weight is 514 g/mol. The third kappa shape index (κ3) is 7.74. The monoisotopic (exact) mass is 513 g/mol. The fourth-order valence-corrected chi connectivity index (χ4v) is 5.68. The summed E-state index contributed by atoms with van der Waals surface area (Å²) in [6, 6.07) is 18.3. The molecule has 200 valence electrons. The Labute approximate surface area is 210 Å². The molecular weight excluding hydrogens is 476 g/mol. The molecule has 1 nitrogen and oxygen atoms in total. The van der Waals surface area contributed by atoms with Crippen molar-refractivity contribution < 1.29 is 26.3 Å². The average Bonchev–Trinajstić information content (AvgIpc) is 2.85. The minimum Gasteiger partial charge on any atom is -0.300 e. The lowest BCUT2D eigenvalue weighted by atomic mass is 9.71. The minimum atomic E-state index is -4.85. The molecule has 0 aliphatic heterocycles. The van der Waals surface area contributed by atoms with E-state index in [1.54, 1.807) is 0 Å². The lowest BCUT2D eigenvalue weighted by Gasteiger charge is -2.38. The van der Waals surface area contributed by atoms with Crippen LogP contribution in [0.15, 0.2) is 54.6 Å². The van der Waals surface area contributed by atoms with Crippen molar-refractivity contribution in [1.82, 2.24) is 4.90 Å². The van der Waals surface area contributed by atoms with Gasteiger partial charge in [0.2, 0.25) is 0 Å². The molecule has 2 aromatic carbocycles. The molecule has 0 aromatic heterocycles. The summed E-state index contributed by atoms with van der Waals surface area (Å²) in [5, 5.41) is 0. The Morgan fingerprint density at radius 1 is 0.778 bits per heavy atom. The SMILES string of the molecule is CCC(CCc1ccc(C2CCC(C(F)(F)F)C(C(F)(F)F)C2)cc1)N(CC)CCc1ccccc1. The van der Waals surface area contributed by atoms with Gasteiger partial charge in [0.15, 0.2) is 0 Å². The number of alkyl halides is 6. The van der Waals surface area contributed by atoms with E-state index in [1.165, 1.54) is 5.56 Å². The third-order valence-electron chi connectivity index (χ3n) is 7.83. The maximum absolute atomic E-state index is 13.4. The first-order valence-electron chi connectivity index (χ1n) is 13.0. The van der Waals surface area contributed by atoms with Crippen LogP contribution in [0.2, 0.25) is 0 Å². The van der Waals surface area contributed by atoms with Crippen LogP contribution < -0.4 is 0 Å². The van der Waals surface area contributed by atoms with Crippen molar-refractivity contribution in [2.45, 2.75) is 83.1 Å². The molecule has 0 amide bonds.